The van der Waals surface area contributed by atoms with Crippen LogP contribution in [0, 0.1) is 11.8 Å². The Hall–Kier alpha value is -1.11. The lowest BCUT2D eigenvalue weighted by Crippen LogP contribution is -2.41. The topological polar surface area (TPSA) is 83.6 Å². The van der Waals surface area contributed by atoms with Gasteiger partial charge >= 0.3 is 0 Å². The number of hydrogen-bond donors (Lipinski definition) is 1. The summed E-state index contributed by atoms with van der Waals surface area (Å²) in [6.45, 7) is 0. The lowest BCUT2D eigenvalue weighted by Gasteiger charge is -2.24. The van der Waals surface area contributed by atoms with Crippen LogP contribution in [-0.4, -0.2) is 55.8 Å². The van der Waals surface area contributed by atoms with Crippen LogP contribution in [0.25, 0.3) is 0 Å². The second-order valence-electron chi connectivity index (χ2n) is 7.30. The van der Waals surface area contributed by atoms with Crippen molar-refractivity contribution in [1.82, 2.24) is 10.2 Å². The molecule has 0 bridgehead atoms. The molecule has 3 unspecified atom stereocenters. The molecule has 23 heavy (non-hydrogen) atoms. The van der Waals surface area contributed by atoms with Gasteiger partial charge in [-0.05, 0) is 25.7 Å². The van der Waals surface area contributed by atoms with Crippen molar-refractivity contribution in [2.75, 3.05) is 18.6 Å². The first-order valence-corrected chi connectivity index (χ1v) is 10.5. The summed E-state index contributed by atoms with van der Waals surface area (Å²) in [6.07, 6.45) is 6.75. The Bertz CT molecular complexity index is 583. The van der Waals surface area contributed by atoms with Crippen LogP contribution < -0.4 is 5.32 Å². The fraction of sp³-hybridized carbons (Fsp3) is 0.875. The van der Waals surface area contributed by atoms with Crippen molar-refractivity contribution in [2.45, 2.75) is 57.0 Å². The average Bonchev–Trinajstić information content (AvgIpc) is 3.24. The van der Waals surface area contributed by atoms with Gasteiger partial charge in [-0.15, -0.1) is 0 Å². The minimum atomic E-state index is -3.00. The van der Waals surface area contributed by atoms with Crippen LogP contribution in [0.4, 0.5) is 0 Å². The Kier molecular flexibility index (Phi) is 4.67. The molecule has 0 aromatic rings. The Morgan fingerprint density at radius 3 is 2.35 bits per heavy atom. The smallest absolute Gasteiger partial charge is 0.226 e. The van der Waals surface area contributed by atoms with E-state index >= 15 is 0 Å². The highest BCUT2D eigenvalue weighted by atomic mass is 32.2. The fourth-order valence-electron chi connectivity index (χ4n) is 3.84. The number of carbonyl (C=O) groups excluding carboxylic acids is 2. The van der Waals surface area contributed by atoms with Gasteiger partial charge in [-0.2, -0.15) is 0 Å². The lowest BCUT2D eigenvalue weighted by atomic mass is 9.95. The Morgan fingerprint density at radius 2 is 1.74 bits per heavy atom. The Labute approximate surface area is 137 Å². The molecule has 0 radical (unpaired) electrons. The summed E-state index contributed by atoms with van der Waals surface area (Å²) in [7, 11) is -1.33. The van der Waals surface area contributed by atoms with E-state index in [0.29, 0.717) is 12.8 Å². The van der Waals surface area contributed by atoms with E-state index < -0.39 is 9.84 Å². The fourth-order valence-corrected chi connectivity index (χ4v) is 5.61. The molecule has 1 N–H and O–H groups in total. The molecule has 2 saturated carbocycles. The maximum absolute atomic E-state index is 12.5. The van der Waals surface area contributed by atoms with Crippen molar-refractivity contribution in [2.24, 2.45) is 11.8 Å². The third-order valence-corrected chi connectivity index (χ3v) is 7.25. The van der Waals surface area contributed by atoms with Gasteiger partial charge in [0.05, 0.1) is 23.3 Å². The van der Waals surface area contributed by atoms with Crippen LogP contribution in [0.5, 0.6) is 0 Å². The Morgan fingerprint density at radius 1 is 1.04 bits per heavy atom. The molecule has 0 aromatic carbocycles. The maximum atomic E-state index is 12.5. The molecule has 1 heterocycles. The largest absolute Gasteiger partial charge is 0.353 e. The molecular weight excluding hydrogens is 316 g/mol. The van der Waals surface area contributed by atoms with Crippen LogP contribution in [0.2, 0.25) is 0 Å². The second kappa shape index (κ2) is 6.42. The molecule has 2 amide bonds. The zero-order chi connectivity index (χ0) is 16.6. The minimum absolute atomic E-state index is 0.00249. The number of hydrogen-bond acceptors (Lipinski definition) is 4. The average molecular weight is 342 g/mol. The molecule has 6 nitrogen and oxygen atoms in total. The van der Waals surface area contributed by atoms with E-state index in [1.54, 1.807) is 11.9 Å². The van der Waals surface area contributed by atoms with Crippen molar-refractivity contribution in [3.63, 3.8) is 0 Å². The molecule has 1 saturated heterocycles. The predicted octanol–water partition coefficient (Wildman–Crippen LogP) is 0.717. The van der Waals surface area contributed by atoms with Gasteiger partial charge in [0, 0.05) is 19.1 Å². The highest BCUT2D eigenvalue weighted by Crippen LogP contribution is 2.41. The quantitative estimate of drug-likeness (QED) is 0.816. The lowest BCUT2D eigenvalue weighted by molar-refractivity contribution is -0.135. The van der Waals surface area contributed by atoms with E-state index in [9.17, 15) is 18.0 Å². The Balaban J connectivity index is 1.49. The summed E-state index contributed by atoms with van der Waals surface area (Å²) in [6, 6.07) is 0.0421. The molecule has 3 fully saturated rings. The standard InChI is InChI=1S/C16H26N2O4S/c1-18(12-7-8-23(21,22)10-12)16(20)14-9-13(14)15(19)17-11-5-3-2-4-6-11/h11-14H,2-10H2,1H3,(H,17,19). The highest BCUT2D eigenvalue weighted by molar-refractivity contribution is 7.91. The van der Waals surface area contributed by atoms with E-state index in [2.05, 4.69) is 5.32 Å². The first kappa shape index (κ1) is 16.7. The van der Waals surface area contributed by atoms with Gasteiger partial charge in [0.25, 0.3) is 0 Å². The molecule has 3 atom stereocenters. The van der Waals surface area contributed by atoms with Crippen LogP contribution in [-0.2, 0) is 19.4 Å². The number of amides is 2. The molecule has 3 rings (SSSR count). The molecule has 7 heteroatoms. The van der Waals surface area contributed by atoms with Gasteiger partial charge < -0.3 is 10.2 Å². The normalized spacial score (nSPS) is 33.2. The summed E-state index contributed by atoms with van der Waals surface area (Å²) < 4.78 is 23.1. The summed E-state index contributed by atoms with van der Waals surface area (Å²) in [5, 5.41) is 3.08. The maximum Gasteiger partial charge on any atom is 0.226 e. The zero-order valence-corrected chi connectivity index (χ0v) is 14.5. The van der Waals surface area contributed by atoms with Gasteiger partial charge in [0.15, 0.2) is 9.84 Å². The predicted molar refractivity (Wildman–Crippen MR) is 86.4 cm³/mol. The van der Waals surface area contributed by atoms with Gasteiger partial charge in [-0.3, -0.25) is 9.59 Å². The first-order valence-electron chi connectivity index (χ1n) is 8.65. The molecule has 3 aliphatic rings. The zero-order valence-electron chi connectivity index (χ0n) is 13.7. The second-order valence-corrected chi connectivity index (χ2v) is 9.53. The molecule has 130 valence electrons. The van der Waals surface area contributed by atoms with Crippen molar-refractivity contribution in [1.29, 1.82) is 0 Å². The number of carbonyl (C=O) groups is 2. The third kappa shape index (κ3) is 3.87. The SMILES string of the molecule is CN(C(=O)C1CC1C(=O)NC1CCCCC1)C1CCS(=O)(=O)C1. The van der Waals surface area contributed by atoms with Crippen LogP contribution in [0.1, 0.15) is 44.9 Å². The van der Waals surface area contributed by atoms with E-state index in [0.717, 1.165) is 25.7 Å². The molecule has 0 spiro atoms. The number of sulfone groups is 1. The highest BCUT2D eigenvalue weighted by Gasteiger charge is 2.50. The number of nitrogens with zero attached hydrogens (tertiary/aromatic N) is 1. The number of nitrogens with one attached hydrogen (secondary N) is 1. The van der Waals surface area contributed by atoms with Gasteiger partial charge in [0.1, 0.15) is 0 Å². The van der Waals surface area contributed by atoms with Gasteiger partial charge in [0.2, 0.25) is 11.8 Å². The van der Waals surface area contributed by atoms with E-state index in [1.165, 1.54) is 6.42 Å². The van der Waals surface area contributed by atoms with Crippen LogP contribution in [0.3, 0.4) is 0 Å². The summed E-state index contributed by atoms with van der Waals surface area (Å²) in [5.74, 6) is -0.331. The summed E-state index contributed by atoms with van der Waals surface area (Å²) in [4.78, 5) is 26.3. The monoisotopic (exact) mass is 342 g/mol. The van der Waals surface area contributed by atoms with Gasteiger partial charge in [-0.25, -0.2) is 8.42 Å². The molecule has 1 aliphatic heterocycles. The molecule has 0 aromatic heterocycles. The van der Waals surface area contributed by atoms with E-state index in [1.807, 2.05) is 0 Å². The first-order chi connectivity index (χ1) is 10.9. The molecule has 2 aliphatic carbocycles. The summed E-state index contributed by atoms with van der Waals surface area (Å²) in [5.41, 5.74) is 0. The van der Waals surface area contributed by atoms with Crippen LogP contribution in [0.15, 0.2) is 0 Å². The van der Waals surface area contributed by atoms with Crippen LogP contribution >= 0.6 is 0 Å². The molecular formula is C16H26N2O4S. The number of rotatable bonds is 4. The van der Waals surface area contributed by atoms with Crippen molar-refractivity contribution in [3.05, 3.63) is 0 Å². The van der Waals surface area contributed by atoms with Crippen molar-refractivity contribution in [3.8, 4) is 0 Å². The van der Waals surface area contributed by atoms with Crippen molar-refractivity contribution >= 4 is 21.7 Å². The summed E-state index contributed by atoms with van der Waals surface area (Å²) >= 11 is 0. The minimum Gasteiger partial charge on any atom is -0.353 e. The van der Waals surface area contributed by atoms with E-state index in [-0.39, 0.29) is 47.2 Å². The third-order valence-electron chi connectivity index (χ3n) is 5.50. The van der Waals surface area contributed by atoms with E-state index in [4.69, 9.17) is 0 Å². The van der Waals surface area contributed by atoms with Gasteiger partial charge in [-0.1, -0.05) is 19.3 Å². The van der Waals surface area contributed by atoms with Crippen molar-refractivity contribution < 1.29 is 18.0 Å².